The van der Waals surface area contributed by atoms with E-state index in [1.54, 1.807) is 0 Å². The van der Waals surface area contributed by atoms with Crippen LogP contribution >= 0.6 is 0 Å². The molecule has 0 saturated heterocycles. The van der Waals surface area contributed by atoms with E-state index in [-0.39, 0.29) is 0 Å². The lowest BCUT2D eigenvalue weighted by molar-refractivity contribution is -0.179. The summed E-state index contributed by atoms with van der Waals surface area (Å²) in [5.41, 5.74) is 3.97. The summed E-state index contributed by atoms with van der Waals surface area (Å²) >= 11 is 0. The zero-order chi connectivity index (χ0) is 11.1. The second-order valence-corrected chi connectivity index (χ2v) is 2.14. The van der Waals surface area contributed by atoms with Crippen LogP contribution in [-0.2, 0) is 19.3 Å². The molecular formula is C6H12N2O6. The standard InChI is InChI=1S/C6H12N2O6/c1-7-13-5(11)3(9)4(10)6(12)14-8-2/h3-4,7-10H,1-2H3. The van der Waals surface area contributed by atoms with E-state index in [2.05, 4.69) is 9.68 Å². The van der Waals surface area contributed by atoms with Crippen LogP contribution in [0.5, 0.6) is 0 Å². The Bertz CT molecular complexity index is 186. The molecule has 0 aromatic heterocycles. The summed E-state index contributed by atoms with van der Waals surface area (Å²) in [7, 11) is 2.56. The van der Waals surface area contributed by atoms with Gasteiger partial charge in [0.25, 0.3) is 0 Å². The minimum Gasteiger partial charge on any atom is -0.379 e. The van der Waals surface area contributed by atoms with Gasteiger partial charge in [0.15, 0.2) is 12.2 Å². The predicted octanol–water partition coefficient (Wildman–Crippen LogP) is -2.94. The molecule has 8 heteroatoms. The molecule has 14 heavy (non-hydrogen) atoms. The molecule has 0 aliphatic heterocycles. The summed E-state index contributed by atoms with van der Waals surface area (Å²) in [5, 5.41) is 18.0. The maximum Gasteiger partial charge on any atom is 0.356 e. The van der Waals surface area contributed by atoms with Gasteiger partial charge in [0, 0.05) is 14.1 Å². The fourth-order valence-corrected chi connectivity index (χ4v) is 0.580. The highest BCUT2D eigenvalue weighted by Crippen LogP contribution is 1.97. The van der Waals surface area contributed by atoms with Gasteiger partial charge in [0.05, 0.1) is 0 Å². The molecule has 0 bridgehead atoms. The van der Waals surface area contributed by atoms with Crippen LogP contribution in [0.4, 0.5) is 0 Å². The maximum absolute atomic E-state index is 10.8. The molecule has 82 valence electrons. The van der Waals surface area contributed by atoms with E-state index < -0.39 is 24.1 Å². The fraction of sp³-hybridized carbons (Fsp3) is 0.667. The average Bonchev–Trinajstić information content (AvgIpc) is 2.16. The monoisotopic (exact) mass is 208 g/mol. The number of hydrogen-bond donors (Lipinski definition) is 4. The minimum atomic E-state index is -2.00. The Hall–Kier alpha value is -1.22. The van der Waals surface area contributed by atoms with Crippen LogP contribution in [-0.4, -0.2) is 48.5 Å². The lowest BCUT2D eigenvalue weighted by atomic mass is 10.2. The van der Waals surface area contributed by atoms with Gasteiger partial charge in [-0.2, -0.15) is 11.0 Å². The number of rotatable bonds is 5. The van der Waals surface area contributed by atoms with Gasteiger partial charge >= 0.3 is 11.9 Å². The lowest BCUT2D eigenvalue weighted by Crippen LogP contribution is -2.43. The molecule has 0 spiro atoms. The molecule has 4 N–H and O–H groups in total. The average molecular weight is 208 g/mol. The molecular weight excluding hydrogens is 196 g/mol. The third-order valence-corrected chi connectivity index (χ3v) is 1.19. The third-order valence-electron chi connectivity index (χ3n) is 1.19. The van der Waals surface area contributed by atoms with Gasteiger partial charge in [-0.15, -0.1) is 0 Å². The molecule has 0 aromatic rings. The van der Waals surface area contributed by atoms with Crippen LogP contribution in [0.25, 0.3) is 0 Å². The van der Waals surface area contributed by atoms with Crippen LogP contribution in [0.1, 0.15) is 0 Å². The molecule has 2 unspecified atom stereocenters. The van der Waals surface area contributed by atoms with Crippen molar-refractivity contribution in [3.05, 3.63) is 0 Å². The number of nitrogens with one attached hydrogen (secondary N) is 2. The number of hydroxylamine groups is 2. The zero-order valence-corrected chi connectivity index (χ0v) is 7.68. The van der Waals surface area contributed by atoms with Gasteiger partial charge in [0.1, 0.15) is 0 Å². The molecule has 0 fully saturated rings. The van der Waals surface area contributed by atoms with Gasteiger partial charge in [0.2, 0.25) is 0 Å². The summed E-state index contributed by atoms with van der Waals surface area (Å²) < 4.78 is 0. The Morgan fingerprint density at radius 1 is 1.00 bits per heavy atom. The van der Waals surface area contributed by atoms with Crippen molar-refractivity contribution in [2.24, 2.45) is 0 Å². The van der Waals surface area contributed by atoms with Crippen LogP contribution < -0.4 is 11.0 Å². The van der Waals surface area contributed by atoms with Crippen molar-refractivity contribution in [3.63, 3.8) is 0 Å². The number of aliphatic hydroxyl groups is 2. The summed E-state index contributed by atoms with van der Waals surface area (Å²) in [6, 6.07) is 0. The SMILES string of the molecule is CNOC(=O)C(O)C(O)C(=O)ONC. The van der Waals surface area contributed by atoms with E-state index in [1.165, 1.54) is 14.1 Å². The zero-order valence-electron chi connectivity index (χ0n) is 7.68. The molecule has 0 rings (SSSR count). The minimum absolute atomic E-state index is 1.19. The molecule has 2 atom stereocenters. The van der Waals surface area contributed by atoms with Gasteiger partial charge in [-0.3, -0.25) is 0 Å². The second-order valence-electron chi connectivity index (χ2n) is 2.14. The van der Waals surface area contributed by atoms with E-state index >= 15 is 0 Å². The van der Waals surface area contributed by atoms with Gasteiger partial charge < -0.3 is 19.9 Å². The molecule has 0 heterocycles. The molecule has 0 saturated carbocycles. The maximum atomic E-state index is 10.8. The Kier molecular flexibility index (Phi) is 5.72. The Morgan fingerprint density at radius 3 is 1.50 bits per heavy atom. The summed E-state index contributed by atoms with van der Waals surface area (Å²) in [4.78, 5) is 29.8. The highest BCUT2D eigenvalue weighted by molar-refractivity contribution is 5.84. The van der Waals surface area contributed by atoms with Crippen molar-refractivity contribution in [2.45, 2.75) is 12.2 Å². The number of aliphatic hydroxyl groups excluding tert-OH is 2. The molecule has 0 radical (unpaired) electrons. The van der Waals surface area contributed by atoms with Crippen LogP contribution in [0.3, 0.4) is 0 Å². The summed E-state index contributed by atoms with van der Waals surface area (Å²) in [6.45, 7) is 0. The predicted molar refractivity (Wildman–Crippen MR) is 42.3 cm³/mol. The second kappa shape index (κ2) is 6.27. The highest BCUT2D eigenvalue weighted by atomic mass is 16.7. The highest BCUT2D eigenvalue weighted by Gasteiger charge is 2.33. The molecule has 0 aliphatic carbocycles. The third kappa shape index (κ3) is 3.66. The van der Waals surface area contributed by atoms with Gasteiger partial charge in [-0.25, -0.2) is 9.59 Å². The van der Waals surface area contributed by atoms with Crippen LogP contribution in [0, 0.1) is 0 Å². The Balaban J connectivity index is 4.16. The van der Waals surface area contributed by atoms with Crippen LogP contribution in [0.2, 0.25) is 0 Å². The fourth-order valence-electron chi connectivity index (χ4n) is 0.580. The van der Waals surface area contributed by atoms with Crippen molar-refractivity contribution in [1.29, 1.82) is 0 Å². The largest absolute Gasteiger partial charge is 0.379 e. The van der Waals surface area contributed by atoms with E-state index in [1.807, 2.05) is 11.0 Å². The van der Waals surface area contributed by atoms with E-state index in [0.29, 0.717) is 0 Å². The Morgan fingerprint density at radius 2 is 1.29 bits per heavy atom. The molecule has 0 aromatic carbocycles. The first-order chi connectivity index (χ1) is 6.54. The Labute approximate surface area is 79.7 Å². The normalized spacial score (nSPS) is 14.3. The molecule has 0 amide bonds. The quantitative estimate of drug-likeness (QED) is 0.354. The summed E-state index contributed by atoms with van der Waals surface area (Å²) in [5.74, 6) is -2.37. The number of hydrogen-bond acceptors (Lipinski definition) is 8. The van der Waals surface area contributed by atoms with E-state index in [4.69, 9.17) is 10.2 Å². The number of carbonyl (C=O) groups is 2. The topological polar surface area (TPSA) is 117 Å². The van der Waals surface area contributed by atoms with Crippen LogP contribution in [0.15, 0.2) is 0 Å². The smallest absolute Gasteiger partial charge is 0.356 e. The molecule has 0 aliphatic rings. The van der Waals surface area contributed by atoms with Crippen molar-refractivity contribution in [3.8, 4) is 0 Å². The first-order valence-electron chi connectivity index (χ1n) is 3.65. The number of carbonyl (C=O) groups excluding carboxylic acids is 2. The first kappa shape index (κ1) is 12.8. The van der Waals surface area contributed by atoms with Crippen molar-refractivity contribution >= 4 is 11.9 Å². The first-order valence-corrected chi connectivity index (χ1v) is 3.65. The van der Waals surface area contributed by atoms with Crippen molar-refractivity contribution < 1.29 is 29.5 Å². The summed E-state index contributed by atoms with van der Waals surface area (Å²) in [6.07, 6.45) is -3.99. The van der Waals surface area contributed by atoms with Gasteiger partial charge in [-0.05, 0) is 0 Å². The van der Waals surface area contributed by atoms with E-state index in [9.17, 15) is 9.59 Å². The lowest BCUT2D eigenvalue weighted by Gasteiger charge is -2.13. The van der Waals surface area contributed by atoms with Crippen molar-refractivity contribution in [1.82, 2.24) is 11.0 Å². The van der Waals surface area contributed by atoms with Gasteiger partial charge in [-0.1, -0.05) is 0 Å². The molecule has 8 nitrogen and oxygen atoms in total. The van der Waals surface area contributed by atoms with E-state index in [0.717, 1.165) is 0 Å². The van der Waals surface area contributed by atoms with Crippen molar-refractivity contribution in [2.75, 3.05) is 14.1 Å².